The molecule has 0 spiro atoms. The molecule has 2 heterocycles. The van der Waals surface area contributed by atoms with Gasteiger partial charge in [-0.25, -0.2) is 13.8 Å². The van der Waals surface area contributed by atoms with Crippen molar-refractivity contribution in [3.63, 3.8) is 0 Å². The molecule has 2 N–H and O–H groups in total. The van der Waals surface area contributed by atoms with E-state index in [9.17, 15) is 8.78 Å². The maximum atomic E-state index is 14.4. The first-order valence-electron chi connectivity index (χ1n) is 9.26. The van der Waals surface area contributed by atoms with E-state index >= 15 is 0 Å². The third-order valence-electron chi connectivity index (χ3n) is 4.48. The molecule has 0 amide bonds. The van der Waals surface area contributed by atoms with E-state index < -0.39 is 11.6 Å². The maximum Gasteiger partial charge on any atom is 0.216 e. The number of halogens is 2. The number of ether oxygens (including phenoxy) is 1. The highest BCUT2D eigenvalue weighted by atomic mass is 19.1. The Morgan fingerprint density at radius 2 is 1.93 bits per heavy atom. The molecule has 0 saturated carbocycles. The number of fused-ring (bicyclic) bond motifs is 1. The Hall–Kier alpha value is -2.60. The first-order valence-corrected chi connectivity index (χ1v) is 9.26. The number of hydrogen-bond donors (Lipinski definition) is 1. The van der Waals surface area contributed by atoms with Crippen LogP contribution in [0.1, 0.15) is 32.8 Å². The van der Waals surface area contributed by atoms with Gasteiger partial charge in [0, 0.05) is 46.6 Å². The van der Waals surface area contributed by atoms with Crippen LogP contribution in [0, 0.1) is 24.5 Å². The monoisotopic (exact) mass is 385 g/mol. The zero-order chi connectivity index (χ0) is 20.5. The predicted octanol–water partition coefficient (Wildman–Crippen LogP) is 5.03. The van der Waals surface area contributed by atoms with E-state index in [1.54, 1.807) is 12.3 Å². The first-order chi connectivity index (χ1) is 13.1. The molecule has 1 aromatic carbocycles. The summed E-state index contributed by atoms with van der Waals surface area (Å²) in [7, 11) is 0. The van der Waals surface area contributed by atoms with Crippen LogP contribution in [0.5, 0.6) is 5.88 Å². The fourth-order valence-electron chi connectivity index (χ4n) is 3.48. The van der Waals surface area contributed by atoms with Gasteiger partial charge in [-0.15, -0.1) is 0 Å². The van der Waals surface area contributed by atoms with Crippen LogP contribution in [0.4, 0.5) is 8.78 Å². The number of nitrogens with zero attached hydrogens (tertiary/aromatic N) is 2. The predicted molar refractivity (Wildman–Crippen MR) is 107 cm³/mol. The van der Waals surface area contributed by atoms with E-state index in [-0.39, 0.29) is 22.4 Å². The molecule has 148 valence electrons. The van der Waals surface area contributed by atoms with E-state index in [0.29, 0.717) is 18.1 Å². The lowest BCUT2D eigenvalue weighted by molar-refractivity contribution is 0.221. The largest absolute Gasteiger partial charge is 0.477 e. The Labute approximate surface area is 163 Å². The fourth-order valence-corrected chi connectivity index (χ4v) is 3.48. The fraction of sp³-hybridized carbons (Fsp3) is 0.364. The molecule has 3 rings (SSSR count). The Morgan fingerprint density at radius 1 is 1.18 bits per heavy atom. The molecule has 0 radical (unpaired) electrons. The zero-order valence-electron chi connectivity index (χ0n) is 16.6. The third-order valence-corrected chi connectivity index (χ3v) is 4.48. The van der Waals surface area contributed by atoms with Gasteiger partial charge in [0.15, 0.2) is 0 Å². The van der Waals surface area contributed by atoms with Gasteiger partial charge >= 0.3 is 0 Å². The quantitative estimate of drug-likeness (QED) is 0.647. The van der Waals surface area contributed by atoms with E-state index in [0.717, 1.165) is 23.6 Å². The highest BCUT2D eigenvalue weighted by Crippen LogP contribution is 2.31. The Bertz CT molecular complexity index is 999. The molecule has 0 fully saturated rings. The molecule has 4 nitrogen and oxygen atoms in total. The minimum Gasteiger partial charge on any atom is -0.477 e. The summed E-state index contributed by atoms with van der Waals surface area (Å²) in [6, 6.07) is 5.68. The van der Waals surface area contributed by atoms with Crippen LogP contribution >= 0.6 is 0 Å². The summed E-state index contributed by atoms with van der Waals surface area (Å²) in [6.07, 6.45) is 4.01. The minimum atomic E-state index is -0.650. The molecule has 0 aliphatic rings. The maximum absolute atomic E-state index is 14.4. The lowest BCUT2D eigenvalue weighted by Gasteiger charge is -2.23. The van der Waals surface area contributed by atoms with Crippen molar-refractivity contribution in [3.8, 4) is 17.0 Å². The van der Waals surface area contributed by atoms with Gasteiger partial charge in [-0.05, 0) is 50.8 Å². The molecular formula is C22H25F2N3O. The van der Waals surface area contributed by atoms with Crippen molar-refractivity contribution in [2.75, 3.05) is 6.61 Å². The summed E-state index contributed by atoms with van der Waals surface area (Å²) in [6.45, 7) is 8.48. The van der Waals surface area contributed by atoms with Crippen LogP contribution < -0.4 is 10.5 Å². The lowest BCUT2D eigenvalue weighted by atomic mass is 9.93. The average molecular weight is 385 g/mol. The van der Waals surface area contributed by atoms with Crippen LogP contribution in [-0.4, -0.2) is 22.1 Å². The van der Waals surface area contributed by atoms with E-state index in [4.69, 9.17) is 10.5 Å². The van der Waals surface area contributed by atoms with Crippen molar-refractivity contribution in [1.82, 2.24) is 9.97 Å². The second-order valence-corrected chi connectivity index (χ2v) is 8.10. The van der Waals surface area contributed by atoms with E-state index in [1.807, 2.05) is 26.8 Å². The molecule has 0 aliphatic carbocycles. The van der Waals surface area contributed by atoms with Crippen LogP contribution in [0.3, 0.4) is 0 Å². The molecule has 0 aliphatic heterocycles. The lowest BCUT2D eigenvalue weighted by Crippen LogP contribution is -2.35. The van der Waals surface area contributed by atoms with Gasteiger partial charge in [-0.1, -0.05) is 6.92 Å². The summed E-state index contributed by atoms with van der Waals surface area (Å²) in [5, 5.41) is 0.276. The van der Waals surface area contributed by atoms with Crippen molar-refractivity contribution in [2.45, 2.75) is 39.7 Å². The normalized spacial score (nSPS) is 13.0. The number of aromatic nitrogens is 2. The Kier molecular flexibility index (Phi) is 5.61. The number of nitrogens with two attached hydrogens (primary N) is 1. The van der Waals surface area contributed by atoms with Crippen LogP contribution in [0.25, 0.3) is 22.0 Å². The van der Waals surface area contributed by atoms with Gasteiger partial charge in [-0.3, -0.25) is 4.98 Å². The van der Waals surface area contributed by atoms with Crippen molar-refractivity contribution < 1.29 is 13.5 Å². The number of rotatable bonds is 6. The van der Waals surface area contributed by atoms with Gasteiger partial charge in [-0.2, -0.15) is 0 Å². The second kappa shape index (κ2) is 7.80. The molecule has 0 saturated heterocycles. The van der Waals surface area contributed by atoms with Crippen molar-refractivity contribution in [1.29, 1.82) is 0 Å². The summed E-state index contributed by atoms with van der Waals surface area (Å²) in [5.41, 5.74) is 8.25. The van der Waals surface area contributed by atoms with E-state index in [2.05, 4.69) is 16.9 Å². The molecular weight excluding hydrogens is 360 g/mol. The molecule has 28 heavy (non-hydrogen) atoms. The van der Waals surface area contributed by atoms with Gasteiger partial charge in [0.1, 0.15) is 11.6 Å². The smallest absolute Gasteiger partial charge is 0.216 e. The van der Waals surface area contributed by atoms with Gasteiger partial charge in [0.2, 0.25) is 5.88 Å². The van der Waals surface area contributed by atoms with Crippen LogP contribution in [-0.2, 0) is 0 Å². The summed E-state index contributed by atoms with van der Waals surface area (Å²) in [4.78, 5) is 8.48. The number of hydrogen-bond acceptors (Lipinski definition) is 4. The third kappa shape index (κ3) is 4.62. The summed E-state index contributed by atoms with van der Waals surface area (Å²) >= 11 is 0. The van der Waals surface area contributed by atoms with Gasteiger partial charge in [0.05, 0.1) is 12.1 Å². The highest BCUT2D eigenvalue weighted by Gasteiger charge is 2.17. The number of benzene rings is 1. The molecule has 0 bridgehead atoms. The molecule has 6 heteroatoms. The highest BCUT2D eigenvalue weighted by molar-refractivity contribution is 5.94. The minimum absolute atomic E-state index is 0.249. The number of pyridine rings is 2. The van der Waals surface area contributed by atoms with Crippen molar-refractivity contribution >= 4 is 10.9 Å². The first kappa shape index (κ1) is 20.1. The van der Waals surface area contributed by atoms with Crippen molar-refractivity contribution in [3.05, 3.63) is 53.9 Å². The van der Waals surface area contributed by atoms with Crippen molar-refractivity contribution in [2.24, 2.45) is 11.7 Å². The topological polar surface area (TPSA) is 61.0 Å². The number of aryl methyl sites for hydroxylation is 1. The van der Waals surface area contributed by atoms with Gasteiger partial charge < -0.3 is 10.5 Å². The summed E-state index contributed by atoms with van der Waals surface area (Å²) < 4.78 is 33.7. The molecule has 1 unspecified atom stereocenters. The molecule has 1 atom stereocenters. The molecule has 2 aromatic heterocycles. The average Bonchev–Trinajstić information content (AvgIpc) is 2.58. The Morgan fingerprint density at radius 3 is 2.61 bits per heavy atom. The Balaban J connectivity index is 1.86. The standard InChI is InChI=1S/C22H25F2N3O/c1-13(10-22(3,4)25)12-28-21-14(2)7-15(11-27-21)17-5-6-26-19-9-16(23)8-18(24)20(17)19/h5-9,11,13H,10,12,25H2,1-4H3. The molecule has 3 aromatic rings. The second-order valence-electron chi connectivity index (χ2n) is 8.10. The van der Waals surface area contributed by atoms with Crippen LogP contribution in [0.2, 0.25) is 0 Å². The van der Waals surface area contributed by atoms with E-state index in [1.165, 1.54) is 12.3 Å². The SMILES string of the molecule is Cc1cc(-c2ccnc3cc(F)cc(F)c23)cnc1OCC(C)CC(C)(C)N. The van der Waals surface area contributed by atoms with Gasteiger partial charge in [0.25, 0.3) is 0 Å². The summed E-state index contributed by atoms with van der Waals surface area (Å²) in [5.74, 6) is -0.471. The van der Waals surface area contributed by atoms with Crippen LogP contribution in [0.15, 0.2) is 36.7 Å². The zero-order valence-corrected chi connectivity index (χ0v) is 16.6.